The Bertz CT molecular complexity index is 678. The summed E-state index contributed by atoms with van der Waals surface area (Å²) in [6.07, 6.45) is 0. The van der Waals surface area contributed by atoms with Gasteiger partial charge in [-0.1, -0.05) is 34.1 Å². The van der Waals surface area contributed by atoms with E-state index in [0.717, 1.165) is 11.3 Å². The van der Waals surface area contributed by atoms with Gasteiger partial charge in [0.2, 0.25) is 0 Å². The highest BCUT2D eigenvalue weighted by molar-refractivity contribution is 9.10. The fourth-order valence-corrected chi connectivity index (χ4v) is 2.40. The fourth-order valence-electron chi connectivity index (χ4n) is 2.06. The first-order chi connectivity index (χ1) is 9.44. The summed E-state index contributed by atoms with van der Waals surface area (Å²) in [6, 6.07) is 14.5. The molecular formula is C16H14BrFN2. The average molecular weight is 333 g/mol. The fraction of sp³-hybridized carbons (Fsp3) is 0.188. The molecular weight excluding hydrogens is 319 g/mol. The molecule has 2 nitrogen and oxygen atoms in total. The van der Waals surface area contributed by atoms with Gasteiger partial charge in [-0.15, -0.1) is 0 Å². The molecule has 0 saturated heterocycles. The van der Waals surface area contributed by atoms with Crippen molar-refractivity contribution in [3.8, 4) is 6.07 Å². The molecule has 2 aromatic rings. The van der Waals surface area contributed by atoms with Gasteiger partial charge < -0.3 is 5.32 Å². The van der Waals surface area contributed by atoms with Gasteiger partial charge in [0, 0.05) is 15.7 Å². The maximum atomic E-state index is 14.1. The molecule has 102 valence electrons. The molecule has 0 radical (unpaired) electrons. The van der Waals surface area contributed by atoms with Gasteiger partial charge in [0.05, 0.1) is 6.07 Å². The van der Waals surface area contributed by atoms with Crippen LogP contribution in [0.5, 0.6) is 0 Å². The van der Waals surface area contributed by atoms with Crippen molar-refractivity contribution in [2.24, 2.45) is 0 Å². The van der Waals surface area contributed by atoms with Crippen LogP contribution in [-0.2, 0) is 5.54 Å². The summed E-state index contributed by atoms with van der Waals surface area (Å²) in [6.45, 7) is 3.64. The van der Waals surface area contributed by atoms with Crippen molar-refractivity contribution in [3.63, 3.8) is 0 Å². The molecule has 0 amide bonds. The monoisotopic (exact) mass is 332 g/mol. The molecule has 1 N–H and O–H groups in total. The number of nitriles is 1. The molecule has 4 heteroatoms. The van der Waals surface area contributed by atoms with Crippen molar-refractivity contribution >= 4 is 21.6 Å². The molecule has 2 aromatic carbocycles. The van der Waals surface area contributed by atoms with Crippen LogP contribution in [-0.4, -0.2) is 0 Å². The highest BCUT2D eigenvalue weighted by atomic mass is 79.9. The quantitative estimate of drug-likeness (QED) is 0.880. The largest absolute Gasteiger partial charge is 0.364 e. The lowest BCUT2D eigenvalue weighted by molar-refractivity contribution is 0.570. The molecule has 20 heavy (non-hydrogen) atoms. The lowest BCUT2D eigenvalue weighted by Crippen LogP contribution is -2.31. The Hall–Kier alpha value is -1.86. The molecule has 0 saturated carbocycles. The maximum Gasteiger partial charge on any atom is 0.151 e. The van der Waals surface area contributed by atoms with Crippen LogP contribution in [0.3, 0.4) is 0 Å². The van der Waals surface area contributed by atoms with Gasteiger partial charge in [-0.2, -0.15) is 5.26 Å². The minimum absolute atomic E-state index is 0.324. The van der Waals surface area contributed by atoms with E-state index in [1.807, 2.05) is 31.2 Å². The summed E-state index contributed by atoms with van der Waals surface area (Å²) in [5.41, 5.74) is 1.06. The van der Waals surface area contributed by atoms with Gasteiger partial charge in [-0.3, -0.25) is 0 Å². The molecule has 0 bridgehead atoms. The molecule has 0 aliphatic carbocycles. The van der Waals surface area contributed by atoms with E-state index in [1.165, 1.54) is 6.07 Å². The van der Waals surface area contributed by atoms with Crippen molar-refractivity contribution in [1.82, 2.24) is 0 Å². The highest BCUT2D eigenvalue weighted by Gasteiger charge is 2.29. The van der Waals surface area contributed by atoms with E-state index in [0.29, 0.717) is 10.0 Å². The van der Waals surface area contributed by atoms with E-state index >= 15 is 0 Å². The van der Waals surface area contributed by atoms with Gasteiger partial charge >= 0.3 is 0 Å². The highest BCUT2D eigenvalue weighted by Crippen LogP contribution is 2.29. The number of rotatable bonds is 3. The number of benzene rings is 2. The third-order valence-electron chi connectivity index (χ3n) is 3.11. The Kier molecular flexibility index (Phi) is 4.10. The molecule has 0 aromatic heterocycles. The van der Waals surface area contributed by atoms with E-state index in [2.05, 4.69) is 27.3 Å². The number of hydrogen-bond acceptors (Lipinski definition) is 2. The lowest BCUT2D eigenvalue weighted by Gasteiger charge is -2.25. The smallest absolute Gasteiger partial charge is 0.151 e. The predicted octanol–water partition coefficient (Wildman–Crippen LogP) is 4.75. The van der Waals surface area contributed by atoms with Gasteiger partial charge in [0.15, 0.2) is 5.54 Å². The van der Waals surface area contributed by atoms with E-state index < -0.39 is 11.4 Å². The molecule has 0 heterocycles. The second-order valence-electron chi connectivity index (χ2n) is 4.86. The van der Waals surface area contributed by atoms with Crippen LogP contribution in [0.4, 0.5) is 10.1 Å². The summed E-state index contributed by atoms with van der Waals surface area (Å²) in [7, 11) is 0. The summed E-state index contributed by atoms with van der Waals surface area (Å²) < 4.78 is 14.7. The van der Waals surface area contributed by atoms with Gasteiger partial charge in [0.1, 0.15) is 5.82 Å². The van der Waals surface area contributed by atoms with Crippen molar-refractivity contribution in [2.45, 2.75) is 19.4 Å². The van der Waals surface area contributed by atoms with Crippen molar-refractivity contribution < 1.29 is 4.39 Å². The number of anilines is 1. The zero-order valence-electron chi connectivity index (χ0n) is 11.2. The van der Waals surface area contributed by atoms with Gasteiger partial charge in [-0.25, -0.2) is 4.39 Å². The van der Waals surface area contributed by atoms with Crippen LogP contribution in [0.2, 0.25) is 0 Å². The Morgan fingerprint density at radius 1 is 1.25 bits per heavy atom. The zero-order chi connectivity index (χ0) is 14.8. The zero-order valence-corrected chi connectivity index (χ0v) is 12.8. The molecule has 2 rings (SSSR count). The van der Waals surface area contributed by atoms with Crippen molar-refractivity contribution in [1.29, 1.82) is 5.26 Å². The standard InChI is InChI=1S/C16H14BrFN2/c1-11-4-3-5-13(8-11)20-16(2,10-19)14-7-6-12(17)9-15(14)18/h3-9,20H,1-2H3. The Balaban J connectivity index is 2.41. The topological polar surface area (TPSA) is 35.8 Å². The molecule has 0 fully saturated rings. The number of nitrogens with one attached hydrogen (secondary N) is 1. The first-order valence-corrected chi connectivity index (χ1v) is 6.95. The van der Waals surface area contributed by atoms with E-state index in [1.54, 1.807) is 19.1 Å². The Labute approximate surface area is 126 Å². The van der Waals surface area contributed by atoms with Crippen LogP contribution in [0, 0.1) is 24.1 Å². The summed E-state index contributed by atoms with van der Waals surface area (Å²) in [4.78, 5) is 0. The van der Waals surface area contributed by atoms with Crippen LogP contribution >= 0.6 is 15.9 Å². The second-order valence-corrected chi connectivity index (χ2v) is 5.77. The Morgan fingerprint density at radius 2 is 2.00 bits per heavy atom. The lowest BCUT2D eigenvalue weighted by atomic mass is 9.92. The van der Waals surface area contributed by atoms with Crippen LogP contribution in [0.1, 0.15) is 18.1 Å². The Morgan fingerprint density at radius 3 is 2.60 bits per heavy atom. The van der Waals surface area contributed by atoms with E-state index in [9.17, 15) is 9.65 Å². The van der Waals surface area contributed by atoms with Crippen LogP contribution < -0.4 is 5.32 Å². The third-order valence-corrected chi connectivity index (χ3v) is 3.60. The normalized spacial score (nSPS) is 13.3. The van der Waals surface area contributed by atoms with E-state index in [4.69, 9.17) is 0 Å². The average Bonchev–Trinajstić information content (AvgIpc) is 2.38. The van der Waals surface area contributed by atoms with Gasteiger partial charge in [-0.05, 0) is 43.7 Å². The summed E-state index contributed by atoms with van der Waals surface area (Å²) in [5.74, 6) is -0.413. The summed E-state index contributed by atoms with van der Waals surface area (Å²) in [5, 5.41) is 12.6. The molecule has 1 unspecified atom stereocenters. The molecule has 1 atom stereocenters. The van der Waals surface area contributed by atoms with Crippen molar-refractivity contribution in [2.75, 3.05) is 5.32 Å². The maximum absolute atomic E-state index is 14.1. The molecule has 0 aliphatic heterocycles. The van der Waals surface area contributed by atoms with Crippen LogP contribution in [0.15, 0.2) is 46.9 Å². The summed E-state index contributed by atoms with van der Waals surface area (Å²) >= 11 is 3.22. The predicted molar refractivity (Wildman–Crippen MR) is 81.9 cm³/mol. The minimum atomic E-state index is -1.13. The second kappa shape index (κ2) is 5.64. The third kappa shape index (κ3) is 3.00. The first kappa shape index (κ1) is 14.5. The van der Waals surface area contributed by atoms with Crippen molar-refractivity contribution in [3.05, 3.63) is 63.9 Å². The number of nitrogens with zero attached hydrogens (tertiary/aromatic N) is 1. The molecule has 0 spiro atoms. The number of aryl methyl sites for hydroxylation is 1. The molecule has 0 aliphatic rings. The SMILES string of the molecule is Cc1cccc(NC(C)(C#N)c2ccc(Br)cc2F)c1. The number of hydrogen-bond donors (Lipinski definition) is 1. The van der Waals surface area contributed by atoms with E-state index in [-0.39, 0.29) is 0 Å². The first-order valence-electron chi connectivity index (χ1n) is 6.16. The minimum Gasteiger partial charge on any atom is -0.364 e. The number of halogens is 2. The van der Waals surface area contributed by atoms with Gasteiger partial charge in [0.25, 0.3) is 0 Å². The van der Waals surface area contributed by atoms with Crippen LogP contribution in [0.25, 0.3) is 0 Å².